The lowest BCUT2D eigenvalue weighted by Crippen LogP contribution is -2.67. The second-order valence-electron chi connectivity index (χ2n) is 11.4. The zero-order valence-corrected chi connectivity index (χ0v) is 23.4. The highest BCUT2D eigenvalue weighted by Crippen LogP contribution is 2.31. The molecule has 4 fully saturated rings. The molecule has 264 valence electrons. The highest BCUT2D eigenvalue weighted by Gasteiger charge is 2.53. The maximum absolute atomic E-state index is 10.4. The average Bonchev–Trinajstić information content (AvgIpc) is 3.03. The summed E-state index contributed by atoms with van der Waals surface area (Å²) in [6.07, 6.45) is -38.1. The first-order chi connectivity index (χ1) is 21.1. The van der Waals surface area contributed by atoms with Gasteiger partial charge in [-0.1, -0.05) is 0 Å². The Morgan fingerprint density at radius 2 is 0.667 bits per heavy atom. The zero-order chi connectivity index (χ0) is 33.5. The van der Waals surface area contributed by atoms with Crippen molar-refractivity contribution < 1.29 is 105 Å². The maximum atomic E-state index is 10.4. The molecule has 9 unspecified atom stereocenters. The Morgan fingerprint density at radius 3 is 1.09 bits per heavy atom. The third kappa shape index (κ3) is 7.44. The molecule has 3 saturated heterocycles. The van der Waals surface area contributed by atoms with Crippen LogP contribution in [0.5, 0.6) is 0 Å². The molecule has 1 saturated carbocycles. The minimum atomic E-state index is -2.01. The van der Waals surface area contributed by atoms with Gasteiger partial charge in [-0.25, -0.2) is 0 Å². The van der Waals surface area contributed by atoms with Crippen LogP contribution in [0.15, 0.2) is 0 Å². The minimum Gasteiger partial charge on any atom is -0.394 e. The lowest BCUT2D eigenvalue weighted by atomic mass is 9.84. The van der Waals surface area contributed by atoms with Gasteiger partial charge in [-0.15, -0.1) is 0 Å². The summed E-state index contributed by atoms with van der Waals surface area (Å²) in [7, 11) is 0. The second-order valence-corrected chi connectivity index (χ2v) is 11.4. The quantitative estimate of drug-likeness (QED) is 0.109. The highest BCUT2D eigenvalue weighted by molar-refractivity contribution is 5.01. The smallest absolute Gasteiger partial charge is 0.187 e. The van der Waals surface area contributed by atoms with Crippen molar-refractivity contribution in [3.8, 4) is 0 Å². The number of ether oxygens (including phenoxy) is 6. The first kappa shape index (κ1) is 37.0. The van der Waals surface area contributed by atoms with Gasteiger partial charge in [0, 0.05) is 0 Å². The lowest BCUT2D eigenvalue weighted by molar-refractivity contribution is -0.354. The molecule has 0 aromatic rings. The molecule has 3 aliphatic heterocycles. The van der Waals surface area contributed by atoms with Gasteiger partial charge in [0.25, 0.3) is 0 Å². The van der Waals surface area contributed by atoms with Crippen LogP contribution in [0.3, 0.4) is 0 Å². The SMILES string of the molecule is OCC1O[C@@H](OCC2O[C@@H](OCC3O[C@@H](OC4C(O)[C@@H](O)C(O)[C@@H](O)[C@H]4O)C(O)[C@@H](O)[C@H]3O)C(O)[C@@H](O)[C@H]2O)C(O)[C@@H](O)[C@H]1O. The Kier molecular flexibility index (Phi) is 12.5. The van der Waals surface area contributed by atoms with Crippen molar-refractivity contribution in [3.05, 3.63) is 0 Å². The van der Waals surface area contributed by atoms with Crippen molar-refractivity contribution in [2.45, 2.75) is 129 Å². The summed E-state index contributed by atoms with van der Waals surface area (Å²) in [5.41, 5.74) is 0. The van der Waals surface area contributed by atoms with E-state index in [-0.39, 0.29) is 0 Å². The Balaban J connectivity index is 1.38. The van der Waals surface area contributed by atoms with E-state index in [0.717, 1.165) is 0 Å². The molecule has 0 radical (unpaired) electrons. The molecule has 0 spiro atoms. The molecular formula is C24H42O21. The van der Waals surface area contributed by atoms with Gasteiger partial charge in [0.1, 0.15) is 110 Å². The fourth-order valence-electron chi connectivity index (χ4n) is 5.46. The molecular weight excluding hydrogens is 624 g/mol. The predicted octanol–water partition coefficient (Wildman–Crippen LogP) is -10.4. The van der Waals surface area contributed by atoms with E-state index < -0.39 is 149 Å². The van der Waals surface area contributed by atoms with Crippen molar-refractivity contribution in [2.24, 2.45) is 0 Å². The van der Waals surface area contributed by atoms with E-state index in [1.165, 1.54) is 0 Å². The first-order valence-corrected chi connectivity index (χ1v) is 14.1. The molecule has 21 heteroatoms. The van der Waals surface area contributed by atoms with Crippen molar-refractivity contribution in [3.63, 3.8) is 0 Å². The van der Waals surface area contributed by atoms with Gasteiger partial charge in [-0.2, -0.15) is 0 Å². The van der Waals surface area contributed by atoms with Gasteiger partial charge in [0.05, 0.1) is 19.8 Å². The summed E-state index contributed by atoms with van der Waals surface area (Å²) in [4.78, 5) is 0. The lowest BCUT2D eigenvalue weighted by Gasteiger charge is -2.46. The Hall–Kier alpha value is -0.840. The van der Waals surface area contributed by atoms with E-state index in [2.05, 4.69) is 0 Å². The van der Waals surface area contributed by atoms with Gasteiger partial charge in [-0.3, -0.25) is 0 Å². The third-order valence-electron chi connectivity index (χ3n) is 8.40. The van der Waals surface area contributed by atoms with Gasteiger partial charge in [0.15, 0.2) is 18.9 Å². The Labute approximate surface area is 254 Å². The summed E-state index contributed by atoms with van der Waals surface area (Å²) >= 11 is 0. The molecule has 0 aromatic heterocycles. The predicted molar refractivity (Wildman–Crippen MR) is 134 cm³/mol. The number of hydrogen-bond acceptors (Lipinski definition) is 21. The van der Waals surface area contributed by atoms with Gasteiger partial charge < -0.3 is 105 Å². The van der Waals surface area contributed by atoms with E-state index in [1.54, 1.807) is 0 Å². The number of hydrogen-bond donors (Lipinski definition) is 15. The monoisotopic (exact) mass is 666 g/mol. The van der Waals surface area contributed by atoms with Crippen LogP contribution in [-0.4, -0.2) is 225 Å². The number of aliphatic hydroxyl groups is 15. The highest BCUT2D eigenvalue weighted by atomic mass is 16.7. The largest absolute Gasteiger partial charge is 0.394 e. The number of aliphatic hydroxyl groups excluding tert-OH is 15. The molecule has 4 rings (SSSR count). The summed E-state index contributed by atoms with van der Waals surface area (Å²) in [5, 5.41) is 152. The first-order valence-electron chi connectivity index (χ1n) is 14.1. The van der Waals surface area contributed by atoms with Crippen LogP contribution in [0.25, 0.3) is 0 Å². The fourth-order valence-corrected chi connectivity index (χ4v) is 5.46. The van der Waals surface area contributed by atoms with Crippen LogP contribution in [0.4, 0.5) is 0 Å². The Bertz CT molecular complexity index is 915. The van der Waals surface area contributed by atoms with E-state index >= 15 is 0 Å². The van der Waals surface area contributed by atoms with E-state index in [9.17, 15) is 76.6 Å². The number of rotatable bonds is 9. The van der Waals surface area contributed by atoms with Crippen LogP contribution in [0, 0.1) is 0 Å². The van der Waals surface area contributed by atoms with Crippen LogP contribution in [0.1, 0.15) is 0 Å². The van der Waals surface area contributed by atoms with Gasteiger partial charge in [0.2, 0.25) is 0 Å². The minimum absolute atomic E-state index is 0.657. The standard InChI is InChI=1S/C24H42O21/c25-1-4-7(26)10(29)18(37)22(42-4)40-2-5-8(27)11(30)19(38)23(43-5)41-3-6-9(28)12(31)20(39)24(44-6)45-21-16(35)14(33)13(32)15(34)17(21)36/h4-39H,1-3H2/t4?,5?,6?,7-,8-,9-,10-,11-,12-,13?,14-,15+,16?,17+,18?,19?,20?,21?,22+,23+,24-/m0/s1. The van der Waals surface area contributed by atoms with E-state index in [1.807, 2.05) is 0 Å². The average molecular weight is 667 g/mol. The molecule has 4 aliphatic rings. The van der Waals surface area contributed by atoms with Crippen LogP contribution < -0.4 is 0 Å². The molecule has 0 bridgehead atoms. The van der Waals surface area contributed by atoms with Gasteiger partial charge in [-0.05, 0) is 0 Å². The molecule has 45 heavy (non-hydrogen) atoms. The van der Waals surface area contributed by atoms with Crippen LogP contribution in [0.2, 0.25) is 0 Å². The summed E-state index contributed by atoms with van der Waals surface area (Å²) in [5.74, 6) is 0. The molecule has 21 atom stereocenters. The van der Waals surface area contributed by atoms with Crippen molar-refractivity contribution in [1.82, 2.24) is 0 Å². The van der Waals surface area contributed by atoms with E-state index in [4.69, 9.17) is 28.4 Å². The summed E-state index contributed by atoms with van der Waals surface area (Å²) in [6.45, 7) is -2.15. The molecule has 0 amide bonds. The molecule has 0 aromatic carbocycles. The zero-order valence-electron chi connectivity index (χ0n) is 23.4. The van der Waals surface area contributed by atoms with Gasteiger partial charge >= 0.3 is 0 Å². The molecule has 1 aliphatic carbocycles. The fraction of sp³-hybridized carbons (Fsp3) is 1.00. The second kappa shape index (κ2) is 15.1. The molecule has 3 heterocycles. The van der Waals surface area contributed by atoms with Crippen LogP contribution >= 0.6 is 0 Å². The van der Waals surface area contributed by atoms with E-state index in [0.29, 0.717) is 0 Å². The Morgan fingerprint density at radius 1 is 0.356 bits per heavy atom. The topological polar surface area (TPSA) is 359 Å². The van der Waals surface area contributed by atoms with Crippen molar-refractivity contribution in [1.29, 1.82) is 0 Å². The van der Waals surface area contributed by atoms with Crippen molar-refractivity contribution >= 4 is 0 Å². The third-order valence-corrected chi connectivity index (χ3v) is 8.40. The summed E-state index contributed by atoms with van der Waals surface area (Å²) in [6, 6.07) is 0. The summed E-state index contributed by atoms with van der Waals surface area (Å²) < 4.78 is 32.1. The maximum Gasteiger partial charge on any atom is 0.187 e. The molecule has 21 nitrogen and oxygen atoms in total. The van der Waals surface area contributed by atoms with Crippen LogP contribution in [-0.2, 0) is 28.4 Å². The van der Waals surface area contributed by atoms with Crippen molar-refractivity contribution in [2.75, 3.05) is 19.8 Å². The molecule has 15 N–H and O–H groups in total. The normalized spacial score (nSPS) is 54.6.